The van der Waals surface area contributed by atoms with Crippen molar-refractivity contribution < 1.29 is 33.6 Å². The summed E-state index contributed by atoms with van der Waals surface area (Å²) in [5.74, 6) is -2.19. The molecule has 3 aromatic rings. The van der Waals surface area contributed by atoms with Gasteiger partial charge in [-0.15, -0.1) is 0 Å². The van der Waals surface area contributed by atoms with E-state index in [2.05, 4.69) is 10.6 Å². The van der Waals surface area contributed by atoms with Crippen molar-refractivity contribution in [3.8, 4) is 5.75 Å². The second-order valence-electron chi connectivity index (χ2n) is 8.55. The predicted molar refractivity (Wildman–Crippen MR) is 138 cm³/mol. The first-order valence-electron chi connectivity index (χ1n) is 11.8. The van der Waals surface area contributed by atoms with Crippen molar-refractivity contribution in [2.75, 3.05) is 17.2 Å². The van der Waals surface area contributed by atoms with Crippen molar-refractivity contribution in [2.24, 2.45) is 0 Å². The van der Waals surface area contributed by atoms with Gasteiger partial charge < -0.3 is 15.4 Å². The highest BCUT2D eigenvalue weighted by Gasteiger charge is 2.36. The largest absolute Gasteiger partial charge is 0.427 e. The molecule has 2 N–H and O–H groups in total. The Morgan fingerprint density at radius 2 is 1.56 bits per heavy atom. The lowest BCUT2D eigenvalue weighted by Gasteiger charge is -2.13. The summed E-state index contributed by atoms with van der Waals surface area (Å²) in [5, 5.41) is 16.4. The van der Waals surface area contributed by atoms with Gasteiger partial charge in [-0.05, 0) is 55.0 Å². The smallest absolute Gasteiger partial charge is 0.308 e. The van der Waals surface area contributed by atoms with Gasteiger partial charge in [0.25, 0.3) is 23.4 Å². The fourth-order valence-corrected chi connectivity index (χ4v) is 3.92. The Balaban J connectivity index is 1.26. The van der Waals surface area contributed by atoms with Crippen LogP contribution in [0.3, 0.4) is 0 Å². The second-order valence-corrected chi connectivity index (χ2v) is 8.55. The Bertz CT molecular complexity index is 1500. The SMILES string of the molecule is CC(=O)Oc1cccc(C(=O)Nc2ccc(NC(=O)CCCN3C(=O)c4ccc([N+](=O)[O-])cc4C3=O)cc2)c1. The maximum atomic E-state index is 12.5. The molecule has 0 unspecified atom stereocenters. The zero-order valence-corrected chi connectivity index (χ0v) is 20.6. The minimum atomic E-state index is -0.642. The van der Waals surface area contributed by atoms with Crippen LogP contribution in [0.15, 0.2) is 66.7 Å². The first kappa shape index (κ1) is 26.7. The van der Waals surface area contributed by atoms with E-state index in [0.29, 0.717) is 16.9 Å². The molecule has 198 valence electrons. The van der Waals surface area contributed by atoms with Crippen LogP contribution in [0, 0.1) is 10.1 Å². The number of imide groups is 1. The number of hydrogen-bond donors (Lipinski definition) is 2. The van der Waals surface area contributed by atoms with E-state index in [4.69, 9.17) is 4.74 Å². The number of benzene rings is 3. The maximum absolute atomic E-state index is 12.5. The number of amides is 4. The van der Waals surface area contributed by atoms with Crippen LogP contribution in [-0.2, 0) is 9.59 Å². The standard InChI is InChI=1S/C27H22N4O8/c1-16(32)39-21-5-2-4-17(14-21)25(34)29-19-9-7-18(8-10-19)28-24(33)6-3-13-30-26(35)22-12-11-20(31(37)38)15-23(22)27(30)36/h2,4-5,7-12,14-15H,3,6,13H2,1H3,(H,28,33)(H,29,34). The molecule has 4 amide bonds. The van der Waals surface area contributed by atoms with Gasteiger partial charge in [0, 0.05) is 49.0 Å². The lowest BCUT2D eigenvalue weighted by Crippen LogP contribution is -2.31. The fourth-order valence-electron chi connectivity index (χ4n) is 3.92. The number of nitro groups is 1. The summed E-state index contributed by atoms with van der Waals surface area (Å²) in [6.45, 7) is 1.25. The molecule has 0 aliphatic carbocycles. The number of nitro benzene ring substituents is 1. The van der Waals surface area contributed by atoms with Gasteiger partial charge in [0.15, 0.2) is 0 Å². The van der Waals surface area contributed by atoms with Crippen LogP contribution in [0.1, 0.15) is 50.8 Å². The minimum absolute atomic E-state index is 0.0167. The van der Waals surface area contributed by atoms with Crippen LogP contribution in [0.2, 0.25) is 0 Å². The van der Waals surface area contributed by atoms with E-state index in [1.54, 1.807) is 42.5 Å². The molecule has 0 saturated heterocycles. The van der Waals surface area contributed by atoms with Gasteiger partial charge in [-0.2, -0.15) is 0 Å². The number of hydrogen-bond acceptors (Lipinski definition) is 8. The average Bonchev–Trinajstić information content (AvgIpc) is 3.14. The van der Waals surface area contributed by atoms with Gasteiger partial charge in [-0.25, -0.2) is 0 Å². The Hall–Kier alpha value is -5.39. The highest BCUT2D eigenvalue weighted by Crippen LogP contribution is 2.27. The number of ether oxygens (including phenoxy) is 1. The van der Waals surface area contributed by atoms with E-state index in [1.165, 1.54) is 25.1 Å². The van der Waals surface area contributed by atoms with E-state index >= 15 is 0 Å². The van der Waals surface area contributed by atoms with Crippen LogP contribution in [0.25, 0.3) is 0 Å². The van der Waals surface area contributed by atoms with E-state index in [0.717, 1.165) is 11.0 Å². The Morgan fingerprint density at radius 1 is 0.897 bits per heavy atom. The highest BCUT2D eigenvalue weighted by molar-refractivity contribution is 6.21. The van der Waals surface area contributed by atoms with E-state index in [-0.39, 0.29) is 47.9 Å². The second kappa shape index (κ2) is 11.3. The molecule has 12 nitrogen and oxygen atoms in total. The van der Waals surface area contributed by atoms with E-state index in [1.807, 2.05) is 0 Å². The molecular weight excluding hydrogens is 508 g/mol. The molecule has 12 heteroatoms. The van der Waals surface area contributed by atoms with Crippen LogP contribution < -0.4 is 15.4 Å². The number of non-ortho nitro benzene ring substituents is 1. The number of nitrogens with one attached hydrogen (secondary N) is 2. The number of nitrogens with zero attached hydrogens (tertiary/aromatic N) is 2. The number of fused-ring (bicyclic) bond motifs is 1. The zero-order chi connectivity index (χ0) is 28.1. The van der Waals surface area contributed by atoms with Crippen LogP contribution in [0.4, 0.5) is 17.1 Å². The van der Waals surface area contributed by atoms with Crippen LogP contribution in [-0.4, -0.2) is 46.0 Å². The summed E-state index contributed by atoms with van der Waals surface area (Å²) >= 11 is 0. The van der Waals surface area contributed by atoms with Crippen molar-refractivity contribution >= 4 is 46.7 Å². The third-order valence-electron chi connectivity index (χ3n) is 5.73. The molecule has 0 saturated carbocycles. The quantitative estimate of drug-likeness (QED) is 0.139. The number of carbonyl (C=O) groups excluding carboxylic acids is 5. The van der Waals surface area contributed by atoms with Gasteiger partial charge in [0.1, 0.15) is 5.75 Å². The summed E-state index contributed by atoms with van der Waals surface area (Å²) in [6, 6.07) is 16.1. The van der Waals surface area contributed by atoms with Crippen molar-refractivity contribution in [3.63, 3.8) is 0 Å². The third-order valence-corrected chi connectivity index (χ3v) is 5.73. The number of anilines is 2. The molecule has 0 bridgehead atoms. The Labute approximate surface area is 221 Å². The maximum Gasteiger partial charge on any atom is 0.308 e. The number of rotatable bonds is 9. The summed E-state index contributed by atoms with van der Waals surface area (Å²) < 4.78 is 4.98. The number of carbonyl (C=O) groups is 5. The monoisotopic (exact) mass is 530 g/mol. The average molecular weight is 530 g/mol. The Morgan fingerprint density at radius 3 is 2.23 bits per heavy atom. The molecule has 39 heavy (non-hydrogen) atoms. The van der Waals surface area contributed by atoms with E-state index in [9.17, 15) is 34.1 Å². The van der Waals surface area contributed by atoms with Gasteiger partial charge in [0.05, 0.1) is 16.1 Å². The molecule has 0 radical (unpaired) electrons. The topological polar surface area (TPSA) is 165 Å². The normalized spacial score (nSPS) is 12.1. The number of esters is 1. The molecule has 0 spiro atoms. The molecule has 1 aliphatic heterocycles. The summed E-state index contributed by atoms with van der Waals surface area (Å²) in [7, 11) is 0. The van der Waals surface area contributed by atoms with Gasteiger partial charge in [-0.3, -0.25) is 39.0 Å². The first-order valence-corrected chi connectivity index (χ1v) is 11.8. The molecule has 1 aliphatic rings. The van der Waals surface area contributed by atoms with Crippen molar-refractivity contribution in [3.05, 3.63) is 93.5 Å². The molecule has 0 aromatic heterocycles. The summed E-state index contributed by atoms with van der Waals surface area (Å²) in [6.07, 6.45) is 0.213. The lowest BCUT2D eigenvalue weighted by atomic mass is 10.1. The lowest BCUT2D eigenvalue weighted by molar-refractivity contribution is -0.384. The third kappa shape index (κ3) is 6.31. The fraction of sp³-hybridized carbons (Fsp3) is 0.148. The molecule has 0 atom stereocenters. The van der Waals surface area contributed by atoms with Gasteiger partial charge in [-0.1, -0.05) is 6.07 Å². The van der Waals surface area contributed by atoms with Gasteiger partial charge >= 0.3 is 5.97 Å². The van der Waals surface area contributed by atoms with Crippen molar-refractivity contribution in [1.82, 2.24) is 4.90 Å². The molecule has 4 rings (SSSR count). The molecule has 3 aromatic carbocycles. The highest BCUT2D eigenvalue weighted by atomic mass is 16.6. The Kier molecular flexibility index (Phi) is 7.75. The first-order chi connectivity index (χ1) is 18.6. The summed E-state index contributed by atoms with van der Waals surface area (Å²) in [4.78, 5) is 72.3. The van der Waals surface area contributed by atoms with E-state index < -0.39 is 28.6 Å². The van der Waals surface area contributed by atoms with Crippen LogP contribution in [0.5, 0.6) is 5.75 Å². The van der Waals surface area contributed by atoms with Gasteiger partial charge in [0.2, 0.25) is 5.91 Å². The predicted octanol–water partition coefficient (Wildman–Crippen LogP) is 3.79. The van der Waals surface area contributed by atoms with Crippen LogP contribution >= 0.6 is 0 Å². The molecule has 1 heterocycles. The molecular formula is C27H22N4O8. The summed E-state index contributed by atoms with van der Waals surface area (Å²) in [5.41, 5.74) is 1.03. The zero-order valence-electron chi connectivity index (χ0n) is 20.6. The minimum Gasteiger partial charge on any atom is -0.427 e. The molecule has 0 fully saturated rings. The van der Waals surface area contributed by atoms with Crippen molar-refractivity contribution in [2.45, 2.75) is 19.8 Å². The van der Waals surface area contributed by atoms with Crippen molar-refractivity contribution in [1.29, 1.82) is 0 Å².